The molecule has 2 rings (SSSR count). The fourth-order valence-corrected chi connectivity index (χ4v) is 2.75. The molecule has 0 aliphatic rings. The largest absolute Gasteiger partial charge is 0.494 e. The van der Waals surface area contributed by atoms with Gasteiger partial charge < -0.3 is 9.47 Å². The van der Waals surface area contributed by atoms with Gasteiger partial charge in [-0.15, -0.1) is 0 Å². The molecule has 0 aromatic heterocycles. The number of amides is 1. The molecule has 0 fully saturated rings. The van der Waals surface area contributed by atoms with Gasteiger partial charge in [0.2, 0.25) is 5.91 Å². The average Bonchev–Trinajstić information content (AvgIpc) is 2.69. The number of nitrogens with one attached hydrogen (secondary N) is 1. The van der Waals surface area contributed by atoms with Crippen LogP contribution in [0.4, 0.5) is 0 Å². The van der Waals surface area contributed by atoms with Crippen LogP contribution in [0, 0.1) is 0 Å². The highest BCUT2D eigenvalue weighted by atomic mass is 35.5. The van der Waals surface area contributed by atoms with Gasteiger partial charge in [0.15, 0.2) is 0 Å². The molecule has 0 aliphatic carbocycles. The first-order valence-electron chi connectivity index (χ1n) is 9.13. The van der Waals surface area contributed by atoms with Crippen molar-refractivity contribution in [3.05, 3.63) is 58.1 Å². The molecule has 28 heavy (non-hydrogen) atoms. The Morgan fingerprint density at radius 2 is 1.82 bits per heavy atom. The van der Waals surface area contributed by atoms with Gasteiger partial charge in [-0.3, -0.25) is 4.79 Å². The van der Waals surface area contributed by atoms with E-state index in [0.717, 1.165) is 23.4 Å². The molecule has 0 atom stereocenters. The maximum absolute atomic E-state index is 11.9. The van der Waals surface area contributed by atoms with Crippen LogP contribution < -0.4 is 14.9 Å². The molecular weight excluding hydrogens is 399 g/mol. The highest BCUT2D eigenvalue weighted by Crippen LogP contribution is 2.27. The summed E-state index contributed by atoms with van der Waals surface area (Å²) in [5.74, 6) is 1.20. The summed E-state index contributed by atoms with van der Waals surface area (Å²) in [7, 11) is 0. The Labute approximate surface area is 175 Å². The Balaban J connectivity index is 1.73. The zero-order valence-electron chi connectivity index (χ0n) is 16.0. The first kappa shape index (κ1) is 22.1. The Morgan fingerprint density at radius 3 is 2.50 bits per heavy atom. The highest BCUT2D eigenvalue weighted by molar-refractivity contribution is 6.35. The van der Waals surface area contributed by atoms with Crippen molar-refractivity contribution in [2.45, 2.75) is 33.1 Å². The Morgan fingerprint density at radius 1 is 1.07 bits per heavy atom. The van der Waals surface area contributed by atoms with E-state index in [1.807, 2.05) is 31.2 Å². The smallest absolute Gasteiger partial charge is 0.240 e. The minimum Gasteiger partial charge on any atom is -0.494 e. The number of rotatable bonds is 10. The van der Waals surface area contributed by atoms with Crippen LogP contribution in [0.2, 0.25) is 10.0 Å². The molecule has 0 heterocycles. The molecule has 0 aliphatic heterocycles. The van der Waals surface area contributed by atoms with Crippen molar-refractivity contribution in [1.82, 2.24) is 5.43 Å². The van der Waals surface area contributed by atoms with Gasteiger partial charge in [-0.25, -0.2) is 5.43 Å². The topological polar surface area (TPSA) is 59.9 Å². The second-order valence-corrected chi connectivity index (χ2v) is 6.98. The fourth-order valence-electron chi connectivity index (χ4n) is 2.29. The van der Waals surface area contributed by atoms with Crippen LogP contribution in [0.3, 0.4) is 0 Å². The first-order valence-corrected chi connectivity index (χ1v) is 9.89. The third-order valence-electron chi connectivity index (χ3n) is 3.79. The van der Waals surface area contributed by atoms with Gasteiger partial charge in [-0.1, -0.05) is 30.1 Å². The Hall–Kier alpha value is -2.24. The number of halogens is 2. The lowest BCUT2D eigenvalue weighted by Gasteiger charge is -2.08. The van der Waals surface area contributed by atoms with Crippen molar-refractivity contribution in [3.8, 4) is 11.5 Å². The zero-order valence-corrected chi connectivity index (χ0v) is 17.5. The summed E-state index contributed by atoms with van der Waals surface area (Å²) in [5.41, 5.74) is 4.21. The van der Waals surface area contributed by atoms with E-state index in [4.69, 9.17) is 32.7 Å². The van der Waals surface area contributed by atoms with Crippen LogP contribution >= 0.6 is 23.2 Å². The van der Waals surface area contributed by atoms with E-state index in [1.165, 1.54) is 0 Å². The molecule has 7 heteroatoms. The molecule has 0 bridgehead atoms. The van der Waals surface area contributed by atoms with Gasteiger partial charge in [0, 0.05) is 11.4 Å². The number of hydrogen-bond acceptors (Lipinski definition) is 4. The monoisotopic (exact) mass is 422 g/mol. The molecule has 0 saturated carbocycles. The summed E-state index contributed by atoms with van der Waals surface area (Å²) >= 11 is 11.9. The van der Waals surface area contributed by atoms with Crippen molar-refractivity contribution >= 4 is 34.8 Å². The summed E-state index contributed by atoms with van der Waals surface area (Å²) in [4.78, 5) is 11.9. The number of carbonyl (C=O) groups is 1. The number of benzene rings is 2. The summed E-state index contributed by atoms with van der Waals surface area (Å²) < 4.78 is 11.1. The van der Waals surface area contributed by atoms with Crippen molar-refractivity contribution in [2.75, 3.05) is 13.2 Å². The van der Waals surface area contributed by atoms with Crippen LogP contribution in [0.1, 0.15) is 38.7 Å². The zero-order chi connectivity index (χ0) is 20.4. The second-order valence-electron chi connectivity index (χ2n) is 6.13. The molecule has 0 radical (unpaired) electrons. The molecule has 0 unspecified atom stereocenters. The van der Waals surface area contributed by atoms with Gasteiger partial charge in [0.25, 0.3) is 0 Å². The molecule has 1 N–H and O–H groups in total. The van der Waals surface area contributed by atoms with E-state index in [1.54, 1.807) is 18.2 Å². The normalized spacial score (nSPS) is 11.2. The molecule has 1 amide bonds. The van der Waals surface area contributed by atoms with Crippen molar-refractivity contribution in [3.63, 3.8) is 0 Å². The maximum Gasteiger partial charge on any atom is 0.240 e. The number of hydrogen-bond donors (Lipinski definition) is 1. The van der Waals surface area contributed by atoms with Gasteiger partial charge in [-0.05, 0) is 67.8 Å². The standard InChI is InChI=1S/C21H24Cl2N2O3/c1-3-12-27-18-9-6-16(7-10-18)15(2)24-25-21(26)5-4-13-28-20-11-8-17(22)14-19(20)23/h6-11,14H,3-5,12-13H2,1-2H3,(H,25,26)/b24-15-. The quantitative estimate of drug-likeness (QED) is 0.313. The maximum atomic E-state index is 11.9. The summed E-state index contributed by atoms with van der Waals surface area (Å²) in [5, 5.41) is 5.14. The van der Waals surface area contributed by atoms with Crippen LogP contribution in [-0.4, -0.2) is 24.8 Å². The summed E-state index contributed by atoms with van der Waals surface area (Å²) in [6, 6.07) is 12.6. The number of ether oxygens (including phenoxy) is 2. The van der Waals surface area contributed by atoms with Gasteiger partial charge in [0.05, 0.1) is 23.9 Å². The molecule has 0 saturated heterocycles. The molecule has 5 nitrogen and oxygen atoms in total. The third-order valence-corrected chi connectivity index (χ3v) is 4.32. The third kappa shape index (κ3) is 7.41. The van der Waals surface area contributed by atoms with Gasteiger partial charge in [0.1, 0.15) is 11.5 Å². The van der Waals surface area contributed by atoms with Crippen LogP contribution in [0.15, 0.2) is 47.6 Å². The average molecular weight is 423 g/mol. The molecule has 2 aromatic carbocycles. The predicted octanol–water partition coefficient (Wildman–Crippen LogP) is 5.48. The molecular formula is C21H24Cl2N2O3. The lowest BCUT2D eigenvalue weighted by atomic mass is 10.1. The fraction of sp³-hybridized carbons (Fsp3) is 0.333. The van der Waals surface area contributed by atoms with Gasteiger partial charge >= 0.3 is 0 Å². The Kier molecular flexibility index (Phi) is 9.11. The number of hydrazone groups is 1. The van der Waals surface area contributed by atoms with Crippen LogP contribution in [0.25, 0.3) is 0 Å². The minimum atomic E-state index is -0.173. The predicted molar refractivity (Wildman–Crippen MR) is 114 cm³/mol. The van der Waals surface area contributed by atoms with E-state index >= 15 is 0 Å². The van der Waals surface area contributed by atoms with E-state index in [9.17, 15) is 4.79 Å². The summed E-state index contributed by atoms with van der Waals surface area (Å²) in [6.07, 6.45) is 1.81. The lowest BCUT2D eigenvalue weighted by Crippen LogP contribution is -2.19. The molecule has 2 aromatic rings. The minimum absolute atomic E-state index is 0.173. The van der Waals surface area contributed by atoms with Crippen LogP contribution in [0.5, 0.6) is 11.5 Å². The van der Waals surface area contributed by atoms with E-state index in [0.29, 0.717) is 41.9 Å². The summed E-state index contributed by atoms with van der Waals surface area (Å²) in [6.45, 7) is 4.97. The van der Waals surface area contributed by atoms with Crippen molar-refractivity contribution < 1.29 is 14.3 Å². The number of carbonyl (C=O) groups excluding carboxylic acids is 1. The van der Waals surface area contributed by atoms with Gasteiger partial charge in [-0.2, -0.15) is 5.10 Å². The van der Waals surface area contributed by atoms with E-state index in [-0.39, 0.29) is 5.91 Å². The van der Waals surface area contributed by atoms with E-state index in [2.05, 4.69) is 17.5 Å². The highest BCUT2D eigenvalue weighted by Gasteiger charge is 2.05. The SMILES string of the molecule is CCCOc1ccc(/C(C)=N\NC(=O)CCCOc2ccc(Cl)cc2Cl)cc1. The first-order chi connectivity index (χ1) is 13.5. The Bertz CT molecular complexity index is 808. The van der Waals surface area contributed by atoms with Crippen molar-refractivity contribution in [1.29, 1.82) is 0 Å². The second kappa shape index (κ2) is 11.6. The molecule has 150 valence electrons. The lowest BCUT2D eigenvalue weighted by molar-refractivity contribution is -0.121. The van der Waals surface area contributed by atoms with E-state index < -0.39 is 0 Å². The number of nitrogens with zero attached hydrogens (tertiary/aromatic N) is 1. The van der Waals surface area contributed by atoms with Crippen LogP contribution in [-0.2, 0) is 4.79 Å². The van der Waals surface area contributed by atoms with Crippen molar-refractivity contribution in [2.24, 2.45) is 5.10 Å². The molecule has 0 spiro atoms.